The fraction of sp³-hybridized carbons (Fsp3) is 0.375. The first-order valence-electron chi connectivity index (χ1n) is 7.21. The summed E-state index contributed by atoms with van der Waals surface area (Å²) in [6.45, 7) is 0. The maximum Gasteiger partial charge on any atom is 0.166 e. The summed E-state index contributed by atoms with van der Waals surface area (Å²) in [5.41, 5.74) is 3.74. The number of hydrazone groups is 1. The smallest absolute Gasteiger partial charge is 0.166 e. The Hall–Kier alpha value is -1.81. The molecule has 0 radical (unpaired) electrons. The van der Waals surface area contributed by atoms with E-state index < -0.39 is 0 Å². The molecule has 1 aliphatic rings. The third-order valence-corrected chi connectivity index (χ3v) is 4.03. The van der Waals surface area contributed by atoms with E-state index in [2.05, 4.69) is 22.2 Å². The monoisotopic (exact) mass is 302 g/mol. The van der Waals surface area contributed by atoms with Crippen molar-refractivity contribution >= 4 is 17.4 Å². The van der Waals surface area contributed by atoms with E-state index in [1.807, 2.05) is 24.9 Å². The van der Waals surface area contributed by atoms with Crippen LogP contribution in [-0.4, -0.2) is 34.5 Å². The highest BCUT2D eigenvalue weighted by Gasteiger charge is 2.17. The van der Waals surface area contributed by atoms with Crippen molar-refractivity contribution in [3.63, 3.8) is 0 Å². The number of imidazole rings is 1. The van der Waals surface area contributed by atoms with Gasteiger partial charge in [0.05, 0.1) is 5.02 Å². The van der Waals surface area contributed by atoms with E-state index in [0.29, 0.717) is 0 Å². The molecule has 21 heavy (non-hydrogen) atoms. The Labute approximate surface area is 130 Å². The molecule has 3 rings (SSSR count). The first-order chi connectivity index (χ1) is 10.1. The van der Waals surface area contributed by atoms with Gasteiger partial charge >= 0.3 is 0 Å². The maximum absolute atomic E-state index is 6.52. The highest BCUT2D eigenvalue weighted by molar-refractivity contribution is 6.34. The molecule has 0 fully saturated rings. The van der Waals surface area contributed by atoms with Crippen LogP contribution in [0.5, 0.6) is 0 Å². The van der Waals surface area contributed by atoms with Crippen LogP contribution in [0.3, 0.4) is 0 Å². The summed E-state index contributed by atoms with van der Waals surface area (Å²) in [7, 11) is 3.81. The summed E-state index contributed by atoms with van der Waals surface area (Å²) in [6, 6.07) is 4.30. The van der Waals surface area contributed by atoms with Crippen molar-refractivity contribution in [1.82, 2.24) is 14.6 Å². The normalized spacial score (nSPS) is 14.9. The van der Waals surface area contributed by atoms with Gasteiger partial charge in [0.15, 0.2) is 5.84 Å². The van der Waals surface area contributed by atoms with Gasteiger partial charge in [0, 0.05) is 32.1 Å². The first kappa shape index (κ1) is 14.1. The Morgan fingerprint density at radius 1 is 1.24 bits per heavy atom. The van der Waals surface area contributed by atoms with Crippen molar-refractivity contribution < 1.29 is 0 Å². The van der Waals surface area contributed by atoms with Gasteiger partial charge in [-0.05, 0) is 48.9 Å². The molecule has 0 bridgehead atoms. The van der Waals surface area contributed by atoms with E-state index >= 15 is 0 Å². The molecule has 5 heteroatoms. The third-order valence-electron chi connectivity index (χ3n) is 3.72. The van der Waals surface area contributed by atoms with Gasteiger partial charge < -0.3 is 5.01 Å². The van der Waals surface area contributed by atoms with Crippen molar-refractivity contribution in [2.45, 2.75) is 25.7 Å². The number of hydrogen-bond acceptors (Lipinski definition) is 3. The summed E-state index contributed by atoms with van der Waals surface area (Å²) in [4.78, 5) is 4.11. The lowest BCUT2D eigenvalue weighted by molar-refractivity contribution is 0.435. The predicted molar refractivity (Wildman–Crippen MR) is 85.9 cm³/mol. The number of aromatic nitrogens is 2. The number of hydrogen-bond donors (Lipinski definition) is 0. The lowest BCUT2D eigenvalue weighted by Gasteiger charge is -2.19. The fourth-order valence-electron chi connectivity index (χ4n) is 2.75. The molecule has 4 nitrogen and oxygen atoms in total. The van der Waals surface area contributed by atoms with Gasteiger partial charge in [-0.2, -0.15) is 5.10 Å². The highest BCUT2D eigenvalue weighted by Crippen LogP contribution is 2.28. The zero-order valence-corrected chi connectivity index (χ0v) is 13.1. The van der Waals surface area contributed by atoms with Gasteiger partial charge in [-0.1, -0.05) is 11.6 Å². The summed E-state index contributed by atoms with van der Waals surface area (Å²) >= 11 is 6.52. The second-order valence-electron chi connectivity index (χ2n) is 5.55. The van der Waals surface area contributed by atoms with Crippen LogP contribution in [0.4, 0.5) is 0 Å². The number of benzene rings is 1. The van der Waals surface area contributed by atoms with Gasteiger partial charge in [-0.15, -0.1) is 0 Å². The molecule has 1 aliphatic carbocycles. The zero-order chi connectivity index (χ0) is 14.8. The summed E-state index contributed by atoms with van der Waals surface area (Å²) in [5, 5.41) is 7.13. The predicted octanol–water partition coefficient (Wildman–Crippen LogP) is 3.19. The van der Waals surface area contributed by atoms with Crippen LogP contribution >= 0.6 is 11.6 Å². The van der Waals surface area contributed by atoms with Gasteiger partial charge in [-0.25, -0.2) is 4.98 Å². The van der Waals surface area contributed by atoms with Gasteiger partial charge in [0.1, 0.15) is 6.33 Å². The average Bonchev–Trinajstić information content (AvgIpc) is 2.98. The minimum Gasteiger partial charge on any atom is -0.301 e. The molecule has 0 unspecified atom stereocenters. The van der Waals surface area contributed by atoms with E-state index in [9.17, 15) is 0 Å². The summed E-state index contributed by atoms with van der Waals surface area (Å²) < 4.78 is 1.90. The Morgan fingerprint density at radius 2 is 1.95 bits per heavy atom. The van der Waals surface area contributed by atoms with E-state index in [1.165, 1.54) is 24.0 Å². The lowest BCUT2D eigenvalue weighted by Crippen LogP contribution is -2.18. The zero-order valence-electron chi connectivity index (χ0n) is 12.4. The maximum atomic E-state index is 6.52. The number of fused-ring (bicyclic) bond motifs is 1. The third kappa shape index (κ3) is 2.95. The number of aryl methyl sites for hydroxylation is 2. The first-order valence-corrected chi connectivity index (χ1v) is 7.59. The Kier molecular flexibility index (Phi) is 3.97. The van der Waals surface area contributed by atoms with Crippen molar-refractivity contribution in [1.29, 1.82) is 0 Å². The van der Waals surface area contributed by atoms with Crippen molar-refractivity contribution in [2.75, 3.05) is 14.1 Å². The van der Waals surface area contributed by atoms with Crippen molar-refractivity contribution in [2.24, 2.45) is 5.10 Å². The Balaban J connectivity index is 2.12. The quantitative estimate of drug-likeness (QED) is 0.485. The van der Waals surface area contributed by atoms with E-state index in [-0.39, 0.29) is 0 Å². The van der Waals surface area contributed by atoms with Crippen LogP contribution in [0, 0.1) is 0 Å². The fourth-order valence-corrected chi connectivity index (χ4v) is 3.02. The molecule has 1 aromatic heterocycles. The minimum absolute atomic E-state index is 0.755. The number of nitrogens with zero attached hydrogens (tertiary/aromatic N) is 4. The number of halogens is 1. The van der Waals surface area contributed by atoms with E-state index in [4.69, 9.17) is 11.6 Å². The van der Waals surface area contributed by atoms with Crippen molar-refractivity contribution in [3.05, 3.63) is 52.6 Å². The van der Waals surface area contributed by atoms with Gasteiger partial charge in [0.25, 0.3) is 0 Å². The van der Waals surface area contributed by atoms with Crippen LogP contribution in [0.25, 0.3) is 0 Å². The van der Waals surface area contributed by atoms with Crippen LogP contribution < -0.4 is 0 Å². The van der Waals surface area contributed by atoms with Crippen LogP contribution in [0.15, 0.2) is 36.0 Å². The molecule has 0 aliphatic heterocycles. The summed E-state index contributed by atoms with van der Waals surface area (Å²) in [6.07, 6.45) is 10.1. The topological polar surface area (TPSA) is 33.4 Å². The molecular weight excluding hydrogens is 284 g/mol. The molecule has 1 heterocycles. The van der Waals surface area contributed by atoms with Crippen LogP contribution in [-0.2, 0) is 12.8 Å². The molecule has 0 saturated heterocycles. The van der Waals surface area contributed by atoms with Crippen LogP contribution in [0.2, 0.25) is 5.02 Å². The molecule has 2 aromatic rings. The van der Waals surface area contributed by atoms with E-state index in [0.717, 1.165) is 29.3 Å². The molecule has 0 amide bonds. The van der Waals surface area contributed by atoms with Gasteiger partial charge in [-0.3, -0.25) is 4.57 Å². The molecule has 0 spiro atoms. The largest absolute Gasteiger partial charge is 0.301 e. The SMILES string of the molecule is CN(C)N=C(c1cc2c(cc1Cl)CCCC2)n1ccnc1. The molecule has 0 N–H and O–H groups in total. The molecular formula is C16H19ClN4. The Bertz CT molecular complexity index is 659. The van der Waals surface area contributed by atoms with Gasteiger partial charge in [0.2, 0.25) is 0 Å². The average molecular weight is 303 g/mol. The molecule has 1 aromatic carbocycles. The lowest BCUT2D eigenvalue weighted by atomic mass is 9.90. The molecule has 0 atom stereocenters. The second-order valence-corrected chi connectivity index (χ2v) is 5.96. The standard InChI is InChI=1S/C16H19ClN4/c1-20(2)19-16(21-8-7-18-11-21)14-9-12-5-3-4-6-13(12)10-15(14)17/h7-11H,3-6H2,1-2H3. The highest BCUT2D eigenvalue weighted by atomic mass is 35.5. The molecule has 0 saturated carbocycles. The van der Waals surface area contributed by atoms with Crippen molar-refractivity contribution in [3.8, 4) is 0 Å². The molecule has 110 valence electrons. The summed E-state index contributed by atoms with van der Waals surface area (Å²) in [5.74, 6) is 0.802. The van der Waals surface area contributed by atoms with Crippen LogP contribution in [0.1, 0.15) is 29.5 Å². The minimum atomic E-state index is 0.755. The second kappa shape index (κ2) is 5.90. The number of rotatable bonds is 2. The Morgan fingerprint density at radius 3 is 2.57 bits per heavy atom. The van der Waals surface area contributed by atoms with E-state index in [1.54, 1.807) is 17.5 Å².